The zero-order chi connectivity index (χ0) is 14.1. The summed E-state index contributed by atoms with van der Waals surface area (Å²) in [6.45, 7) is 1.99. The number of nitrogens with zero attached hydrogens (tertiary/aromatic N) is 1. The topological polar surface area (TPSA) is 29.3 Å². The maximum atomic E-state index is 5.69. The molecule has 2 aromatic carbocycles. The lowest BCUT2D eigenvalue weighted by molar-refractivity contribution is 0.731. The fourth-order valence-corrected chi connectivity index (χ4v) is 3.51. The molecule has 1 heterocycles. The molecule has 0 amide bonds. The van der Waals surface area contributed by atoms with Gasteiger partial charge in [0.25, 0.3) is 0 Å². The second-order valence-electron chi connectivity index (χ2n) is 4.97. The number of thiocarbonyl (C=S) groups is 1. The molecule has 0 saturated heterocycles. The molecule has 0 spiro atoms. The lowest BCUT2D eigenvalue weighted by Crippen LogP contribution is -2.30. The first-order valence-corrected chi connectivity index (χ1v) is 7.76. The minimum atomic E-state index is 0.424. The second kappa shape index (κ2) is 5.54. The van der Waals surface area contributed by atoms with Crippen molar-refractivity contribution >= 4 is 38.8 Å². The predicted octanol–water partition coefficient (Wildman–Crippen LogP) is 3.65. The van der Waals surface area contributed by atoms with Gasteiger partial charge in [0.15, 0.2) is 0 Å². The zero-order valence-corrected chi connectivity index (χ0v) is 13.4. The third-order valence-electron chi connectivity index (χ3n) is 3.71. The summed E-state index contributed by atoms with van der Waals surface area (Å²) in [6.07, 6.45) is 1.09. The van der Waals surface area contributed by atoms with E-state index >= 15 is 0 Å². The van der Waals surface area contributed by atoms with Gasteiger partial charge in [0, 0.05) is 28.8 Å². The number of rotatable bonds is 2. The van der Waals surface area contributed by atoms with Crippen LogP contribution in [0.4, 0.5) is 5.69 Å². The monoisotopic (exact) mass is 346 g/mol. The molecule has 0 radical (unpaired) electrons. The molecule has 1 aliphatic rings. The molecule has 0 unspecified atom stereocenters. The highest BCUT2D eigenvalue weighted by atomic mass is 79.9. The summed E-state index contributed by atoms with van der Waals surface area (Å²) in [5.74, 6) is 0. The van der Waals surface area contributed by atoms with Crippen LogP contribution in [0.3, 0.4) is 0 Å². The van der Waals surface area contributed by atoms with Gasteiger partial charge in [-0.15, -0.1) is 0 Å². The average molecular weight is 347 g/mol. The highest BCUT2D eigenvalue weighted by molar-refractivity contribution is 9.10. The molecule has 1 aliphatic heterocycles. The molecule has 2 nitrogen and oxygen atoms in total. The molecule has 0 bridgehead atoms. The Balaban J connectivity index is 1.88. The molecule has 102 valence electrons. The van der Waals surface area contributed by atoms with E-state index < -0.39 is 0 Å². The molecule has 0 aromatic heterocycles. The number of halogens is 1. The Morgan fingerprint density at radius 3 is 2.60 bits per heavy atom. The van der Waals surface area contributed by atoms with Crippen LogP contribution in [0, 0.1) is 0 Å². The third-order valence-corrected chi connectivity index (χ3v) is 4.59. The summed E-state index contributed by atoms with van der Waals surface area (Å²) < 4.78 is 0.960. The van der Waals surface area contributed by atoms with Gasteiger partial charge in [-0.05, 0) is 51.7 Å². The van der Waals surface area contributed by atoms with Crippen molar-refractivity contribution in [2.45, 2.75) is 13.0 Å². The highest BCUT2D eigenvalue weighted by Gasteiger charge is 2.16. The first-order chi connectivity index (χ1) is 9.65. The summed E-state index contributed by atoms with van der Waals surface area (Å²) >= 11 is 8.59. The van der Waals surface area contributed by atoms with Gasteiger partial charge >= 0.3 is 0 Å². The minimum Gasteiger partial charge on any atom is -0.389 e. The Hall–Kier alpha value is -1.39. The summed E-state index contributed by atoms with van der Waals surface area (Å²) in [4.78, 5) is 2.81. The van der Waals surface area contributed by atoms with Crippen LogP contribution in [0.2, 0.25) is 0 Å². The van der Waals surface area contributed by atoms with Crippen molar-refractivity contribution in [1.29, 1.82) is 0 Å². The van der Waals surface area contributed by atoms with Crippen molar-refractivity contribution in [2.24, 2.45) is 5.73 Å². The van der Waals surface area contributed by atoms with E-state index in [1.807, 2.05) is 6.07 Å². The molecule has 20 heavy (non-hydrogen) atoms. The predicted molar refractivity (Wildman–Crippen MR) is 91.2 cm³/mol. The van der Waals surface area contributed by atoms with Gasteiger partial charge in [-0.2, -0.15) is 0 Å². The van der Waals surface area contributed by atoms with E-state index in [4.69, 9.17) is 18.0 Å². The van der Waals surface area contributed by atoms with E-state index in [0.29, 0.717) is 4.99 Å². The molecule has 2 N–H and O–H groups in total. The van der Waals surface area contributed by atoms with Gasteiger partial charge in [0.05, 0.1) is 0 Å². The molecule has 0 fully saturated rings. The first kappa shape index (κ1) is 13.6. The third kappa shape index (κ3) is 2.58. The molecular weight excluding hydrogens is 332 g/mol. The number of fused-ring (bicyclic) bond motifs is 1. The molecule has 3 rings (SSSR count). The van der Waals surface area contributed by atoms with Crippen molar-refractivity contribution in [1.82, 2.24) is 0 Å². The Morgan fingerprint density at radius 2 is 1.90 bits per heavy atom. The van der Waals surface area contributed by atoms with Crippen LogP contribution in [0.15, 0.2) is 46.9 Å². The minimum absolute atomic E-state index is 0.424. The van der Waals surface area contributed by atoms with Crippen molar-refractivity contribution in [3.63, 3.8) is 0 Å². The standard InChI is InChI=1S/C16H15BrN2S/c17-15-9-13(5-6-14(15)16(18)20)19-8-7-11-3-1-2-4-12(11)10-19/h1-6,9H,7-8,10H2,(H2,18,20). The number of hydrogen-bond acceptors (Lipinski definition) is 2. The second-order valence-corrected chi connectivity index (χ2v) is 6.26. The Labute approximate surface area is 132 Å². The average Bonchev–Trinajstić information content (AvgIpc) is 2.46. The maximum Gasteiger partial charge on any atom is 0.105 e. The number of benzene rings is 2. The summed E-state index contributed by atoms with van der Waals surface area (Å²) in [5.41, 5.74) is 10.7. The smallest absolute Gasteiger partial charge is 0.105 e. The van der Waals surface area contributed by atoms with Crippen LogP contribution >= 0.6 is 28.1 Å². The molecule has 4 heteroatoms. The number of anilines is 1. The van der Waals surface area contributed by atoms with E-state index in [0.717, 1.165) is 29.5 Å². The normalized spacial score (nSPS) is 13.9. The molecular formula is C16H15BrN2S. The van der Waals surface area contributed by atoms with Gasteiger partial charge in [0.2, 0.25) is 0 Å². The number of nitrogens with two attached hydrogens (primary N) is 1. The van der Waals surface area contributed by atoms with Gasteiger partial charge in [0.1, 0.15) is 4.99 Å². The molecule has 0 saturated carbocycles. The van der Waals surface area contributed by atoms with Crippen LogP contribution in [0.5, 0.6) is 0 Å². The maximum absolute atomic E-state index is 5.69. The van der Waals surface area contributed by atoms with E-state index in [-0.39, 0.29) is 0 Å². The first-order valence-electron chi connectivity index (χ1n) is 6.56. The summed E-state index contributed by atoms with van der Waals surface area (Å²) in [7, 11) is 0. The highest BCUT2D eigenvalue weighted by Crippen LogP contribution is 2.28. The summed E-state index contributed by atoms with van der Waals surface area (Å²) in [5, 5.41) is 0. The summed E-state index contributed by atoms with van der Waals surface area (Å²) in [6, 6.07) is 14.8. The van der Waals surface area contributed by atoms with E-state index in [9.17, 15) is 0 Å². The SMILES string of the molecule is NC(=S)c1ccc(N2CCc3ccccc3C2)cc1Br. The van der Waals surface area contributed by atoms with E-state index in [2.05, 4.69) is 57.2 Å². The van der Waals surface area contributed by atoms with Crippen molar-refractivity contribution < 1.29 is 0 Å². The largest absolute Gasteiger partial charge is 0.389 e. The zero-order valence-electron chi connectivity index (χ0n) is 11.0. The van der Waals surface area contributed by atoms with E-state index in [1.165, 1.54) is 16.8 Å². The molecule has 0 atom stereocenters. The van der Waals surface area contributed by atoms with Crippen LogP contribution in [-0.4, -0.2) is 11.5 Å². The quantitative estimate of drug-likeness (QED) is 0.841. The molecule has 2 aromatic rings. The van der Waals surface area contributed by atoms with Gasteiger partial charge < -0.3 is 10.6 Å². The van der Waals surface area contributed by atoms with Crippen molar-refractivity contribution in [3.05, 3.63) is 63.6 Å². The van der Waals surface area contributed by atoms with Gasteiger partial charge in [-0.1, -0.05) is 36.5 Å². The van der Waals surface area contributed by atoms with Crippen LogP contribution < -0.4 is 10.6 Å². The van der Waals surface area contributed by atoms with Crippen molar-refractivity contribution in [2.75, 3.05) is 11.4 Å². The Morgan fingerprint density at radius 1 is 1.15 bits per heavy atom. The lowest BCUT2D eigenvalue weighted by Gasteiger charge is -2.31. The van der Waals surface area contributed by atoms with Crippen LogP contribution in [0.1, 0.15) is 16.7 Å². The van der Waals surface area contributed by atoms with E-state index in [1.54, 1.807) is 0 Å². The van der Waals surface area contributed by atoms with Gasteiger partial charge in [-0.25, -0.2) is 0 Å². The van der Waals surface area contributed by atoms with Crippen LogP contribution in [0.25, 0.3) is 0 Å². The number of hydrogen-bond donors (Lipinski definition) is 1. The lowest BCUT2D eigenvalue weighted by atomic mass is 9.99. The fraction of sp³-hybridized carbons (Fsp3) is 0.188. The molecule has 0 aliphatic carbocycles. The van der Waals surface area contributed by atoms with Gasteiger partial charge in [-0.3, -0.25) is 0 Å². The Kier molecular flexibility index (Phi) is 3.76. The Bertz CT molecular complexity index is 669. The van der Waals surface area contributed by atoms with Crippen molar-refractivity contribution in [3.8, 4) is 0 Å². The van der Waals surface area contributed by atoms with Crippen LogP contribution in [-0.2, 0) is 13.0 Å². The fourth-order valence-electron chi connectivity index (χ4n) is 2.62.